The van der Waals surface area contributed by atoms with Gasteiger partial charge in [-0.2, -0.15) is 0 Å². The monoisotopic (exact) mass is 411 g/mol. The van der Waals surface area contributed by atoms with E-state index in [0.717, 1.165) is 44.4 Å². The van der Waals surface area contributed by atoms with Crippen LogP contribution in [-0.2, 0) is 10.0 Å². The number of piperazine rings is 1. The van der Waals surface area contributed by atoms with Crippen molar-refractivity contribution in [3.8, 4) is 5.75 Å². The lowest BCUT2D eigenvalue weighted by Crippen LogP contribution is -2.57. The van der Waals surface area contributed by atoms with Gasteiger partial charge in [-0.3, -0.25) is 9.89 Å². The van der Waals surface area contributed by atoms with E-state index in [2.05, 4.69) is 24.8 Å². The molecular weight excluding hydrogens is 378 g/mol. The molecule has 1 fully saturated rings. The van der Waals surface area contributed by atoms with Gasteiger partial charge in [-0.05, 0) is 26.0 Å². The molecule has 158 valence electrons. The van der Waals surface area contributed by atoms with Crippen molar-refractivity contribution in [1.29, 1.82) is 0 Å². The molecule has 8 nitrogen and oxygen atoms in total. The number of aliphatic imine (C=N–C) groups is 1. The van der Waals surface area contributed by atoms with Gasteiger partial charge in [0.15, 0.2) is 5.96 Å². The number of hydrogen-bond acceptors (Lipinski definition) is 5. The second-order valence-electron chi connectivity index (χ2n) is 7.65. The Morgan fingerprint density at radius 3 is 2.39 bits per heavy atom. The fourth-order valence-corrected chi connectivity index (χ4v) is 4.24. The summed E-state index contributed by atoms with van der Waals surface area (Å²) in [4.78, 5) is 8.93. The third kappa shape index (κ3) is 8.04. The van der Waals surface area contributed by atoms with Crippen LogP contribution in [0.1, 0.15) is 13.8 Å². The molecule has 1 saturated heterocycles. The summed E-state index contributed by atoms with van der Waals surface area (Å²) in [5, 5.41) is 3.29. The standard InChI is InChI=1S/C19H33N5O3S/c1-19(2,22-28(4,25)26)16-21-18(20-3)24-12-10-23(11-13-24)14-15-27-17-8-6-5-7-9-17/h5-9,22H,10-16H2,1-4H3,(H,20,21). The fraction of sp³-hybridized carbons (Fsp3) is 0.632. The Hall–Kier alpha value is -1.84. The smallest absolute Gasteiger partial charge is 0.209 e. The number of nitrogens with zero attached hydrogens (tertiary/aromatic N) is 3. The highest BCUT2D eigenvalue weighted by Crippen LogP contribution is 2.09. The van der Waals surface area contributed by atoms with E-state index >= 15 is 0 Å². The minimum atomic E-state index is -3.26. The van der Waals surface area contributed by atoms with Crippen molar-refractivity contribution >= 4 is 16.0 Å². The molecule has 2 rings (SSSR count). The number of nitrogens with one attached hydrogen (secondary N) is 2. The molecule has 1 heterocycles. The Bertz CT molecular complexity index is 729. The number of para-hydroxylation sites is 1. The first-order valence-corrected chi connectivity index (χ1v) is 11.4. The summed E-state index contributed by atoms with van der Waals surface area (Å²) in [5.74, 6) is 1.69. The molecule has 0 unspecified atom stereocenters. The lowest BCUT2D eigenvalue weighted by atomic mass is 10.1. The molecule has 0 radical (unpaired) electrons. The minimum absolute atomic E-state index is 0.456. The van der Waals surface area contributed by atoms with Crippen LogP contribution in [-0.4, -0.2) is 88.9 Å². The first-order chi connectivity index (χ1) is 13.2. The highest BCUT2D eigenvalue weighted by Gasteiger charge is 2.24. The zero-order chi connectivity index (χ0) is 20.6. The predicted octanol–water partition coefficient (Wildman–Crippen LogP) is 0.586. The van der Waals surface area contributed by atoms with Crippen LogP contribution in [0.3, 0.4) is 0 Å². The Labute approximate surface area is 169 Å². The number of rotatable bonds is 8. The third-order valence-electron chi connectivity index (χ3n) is 4.45. The van der Waals surface area contributed by atoms with Gasteiger partial charge in [0.1, 0.15) is 12.4 Å². The topological polar surface area (TPSA) is 86.3 Å². The van der Waals surface area contributed by atoms with E-state index in [0.29, 0.717) is 13.2 Å². The van der Waals surface area contributed by atoms with Crippen molar-refractivity contribution in [3.05, 3.63) is 30.3 Å². The quantitative estimate of drug-likeness (QED) is 0.481. The number of sulfonamides is 1. The van der Waals surface area contributed by atoms with Crippen molar-refractivity contribution in [1.82, 2.24) is 19.8 Å². The van der Waals surface area contributed by atoms with Crippen LogP contribution in [0.4, 0.5) is 0 Å². The molecule has 0 spiro atoms. The summed E-state index contributed by atoms with van der Waals surface area (Å²) in [7, 11) is -1.51. The molecule has 0 saturated carbocycles. The molecule has 0 aromatic heterocycles. The molecular formula is C19H33N5O3S. The first kappa shape index (κ1) is 22.4. The summed E-state index contributed by atoms with van der Waals surface area (Å²) >= 11 is 0. The SMILES string of the molecule is CN=C(NCC(C)(C)NS(C)(=O)=O)N1CCN(CCOc2ccccc2)CC1. The highest BCUT2D eigenvalue weighted by atomic mass is 32.2. The summed E-state index contributed by atoms with van der Waals surface area (Å²) < 4.78 is 31.4. The molecule has 2 N–H and O–H groups in total. The van der Waals surface area contributed by atoms with E-state index in [9.17, 15) is 8.42 Å². The maximum atomic E-state index is 11.5. The number of benzene rings is 1. The van der Waals surface area contributed by atoms with Gasteiger partial charge in [0.05, 0.1) is 6.26 Å². The Morgan fingerprint density at radius 2 is 1.82 bits per heavy atom. The van der Waals surface area contributed by atoms with Crippen molar-refractivity contribution < 1.29 is 13.2 Å². The molecule has 0 bridgehead atoms. The van der Waals surface area contributed by atoms with Gasteiger partial charge >= 0.3 is 0 Å². The van der Waals surface area contributed by atoms with Gasteiger partial charge < -0.3 is 15.0 Å². The Morgan fingerprint density at radius 1 is 1.18 bits per heavy atom. The lowest BCUT2D eigenvalue weighted by Gasteiger charge is -2.37. The number of hydrogen-bond donors (Lipinski definition) is 2. The fourth-order valence-electron chi connectivity index (χ4n) is 3.16. The second kappa shape index (κ2) is 10.1. The van der Waals surface area contributed by atoms with E-state index in [1.165, 1.54) is 6.26 Å². The van der Waals surface area contributed by atoms with Gasteiger partial charge in [-0.25, -0.2) is 13.1 Å². The Balaban J connectivity index is 1.73. The first-order valence-electron chi connectivity index (χ1n) is 9.53. The van der Waals surface area contributed by atoms with Gasteiger partial charge in [-0.15, -0.1) is 0 Å². The van der Waals surface area contributed by atoms with Crippen molar-refractivity contribution in [2.45, 2.75) is 19.4 Å². The van der Waals surface area contributed by atoms with E-state index in [1.807, 2.05) is 44.2 Å². The predicted molar refractivity (Wildman–Crippen MR) is 113 cm³/mol. The van der Waals surface area contributed by atoms with Gasteiger partial charge in [0.2, 0.25) is 10.0 Å². The number of ether oxygens (including phenoxy) is 1. The molecule has 9 heteroatoms. The van der Waals surface area contributed by atoms with Crippen LogP contribution in [0.5, 0.6) is 5.75 Å². The lowest BCUT2D eigenvalue weighted by molar-refractivity contribution is 0.152. The molecule has 28 heavy (non-hydrogen) atoms. The van der Waals surface area contributed by atoms with E-state index in [-0.39, 0.29) is 0 Å². The highest BCUT2D eigenvalue weighted by molar-refractivity contribution is 7.88. The molecule has 1 aromatic carbocycles. The minimum Gasteiger partial charge on any atom is -0.492 e. The van der Waals surface area contributed by atoms with E-state index in [1.54, 1.807) is 7.05 Å². The zero-order valence-electron chi connectivity index (χ0n) is 17.3. The average Bonchev–Trinajstić information content (AvgIpc) is 2.62. The van der Waals surface area contributed by atoms with Crippen LogP contribution >= 0.6 is 0 Å². The van der Waals surface area contributed by atoms with Crippen molar-refractivity contribution in [2.75, 3.05) is 59.2 Å². The zero-order valence-corrected chi connectivity index (χ0v) is 18.1. The number of guanidine groups is 1. The summed E-state index contributed by atoms with van der Waals surface area (Å²) in [5.41, 5.74) is -0.597. The van der Waals surface area contributed by atoms with E-state index < -0.39 is 15.6 Å². The molecule has 1 aliphatic heterocycles. The summed E-state index contributed by atoms with van der Waals surface area (Å²) in [6.07, 6.45) is 1.17. The van der Waals surface area contributed by atoms with Crippen LogP contribution < -0.4 is 14.8 Å². The van der Waals surface area contributed by atoms with Gasteiger partial charge in [-0.1, -0.05) is 18.2 Å². The average molecular weight is 412 g/mol. The third-order valence-corrected chi connectivity index (χ3v) is 5.38. The Kier molecular flexibility index (Phi) is 8.09. The summed E-state index contributed by atoms with van der Waals surface area (Å²) in [6.45, 7) is 9.31. The maximum Gasteiger partial charge on any atom is 0.209 e. The second-order valence-corrected chi connectivity index (χ2v) is 9.40. The maximum absolute atomic E-state index is 11.5. The van der Waals surface area contributed by atoms with Crippen LogP contribution in [0.25, 0.3) is 0 Å². The van der Waals surface area contributed by atoms with Crippen LogP contribution in [0, 0.1) is 0 Å². The van der Waals surface area contributed by atoms with Gasteiger partial charge in [0.25, 0.3) is 0 Å². The van der Waals surface area contributed by atoms with Crippen LogP contribution in [0.15, 0.2) is 35.3 Å². The van der Waals surface area contributed by atoms with Crippen molar-refractivity contribution in [3.63, 3.8) is 0 Å². The van der Waals surface area contributed by atoms with Gasteiger partial charge in [0, 0.05) is 51.9 Å². The van der Waals surface area contributed by atoms with E-state index in [4.69, 9.17) is 4.74 Å². The molecule has 0 amide bonds. The molecule has 0 atom stereocenters. The largest absolute Gasteiger partial charge is 0.492 e. The van der Waals surface area contributed by atoms with Crippen LogP contribution in [0.2, 0.25) is 0 Å². The van der Waals surface area contributed by atoms with Crippen molar-refractivity contribution in [2.24, 2.45) is 4.99 Å². The molecule has 0 aliphatic carbocycles. The molecule has 1 aromatic rings. The molecule has 1 aliphatic rings. The summed E-state index contributed by atoms with van der Waals surface area (Å²) in [6, 6.07) is 9.85. The normalized spacial score (nSPS) is 16.9.